The maximum Gasteiger partial charge on any atom is 0.224 e. The Morgan fingerprint density at radius 1 is 1.14 bits per heavy atom. The number of amides is 2. The van der Waals surface area contributed by atoms with Crippen LogP contribution in [-0.2, 0) is 16.0 Å². The van der Waals surface area contributed by atoms with Gasteiger partial charge in [-0.25, -0.2) is 0 Å². The summed E-state index contributed by atoms with van der Waals surface area (Å²) < 4.78 is 0. The summed E-state index contributed by atoms with van der Waals surface area (Å²) in [6.45, 7) is 2.10. The molecule has 5 nitrogen and oxygen atoms in total. The number of benzene rings is 1. The number of rotatable bonds is 7. The Balaban J connectivity index is 0.00000242. The van der Waals surface area contributed by atoms with Crippen LogP contribution >= 0.6 is 12.4 Å². The van der Waals surface area contributed by atoms with E-state index in [1.807, 2.05) is 30.3 Å². The largest absolute Gasteiger partial charge is 0.355 e. The minimum absolute atomic E-state index is 0. The van der Waals surface area contributed by atoms with Crippen molar-refractivity contribution in [1.82, 2.24) is 16.0 Å². The lowest BCUT2D eigenvalue weighted by molar-refractivity contribution is -0.122. The average molecular weight is 326 g/mol. The van der Waals surface area contributed by atoms with Gasteiger partial charge in [0.25, 0.3) is 0 Å². The van der Waals surface area contributed by atoms with Crippen LogP contribution in [-0.4, -0.2) is 37.5 Å². The van der Waals surface area contributed by atoms with Gasteiger partial charge in [-0.15, -0.1) is 12.4 Å². The zero-order chi connectivity index (χ0) is 14.9. The van der Waals surface area contributed by atoms with E-state index in [9.17, 15) is 9.59 Å². The van der Waals surface area contributed by atoms with Crippen LogP contribution in [0.15, 0.2) is 30.3 Å². The second-order valence-electron chi connectivity index (χ2n) is 5.36. The van der Waals surface area contributed by atoms with Gasteiger partial charge in [0.05, 0.1) is 6.42 Å². The van der Waals surface area contributed by atoms with E-state index < -0.39 is 0 Å². The summed E-state index contributed by atoms with van der Waals surface area (Å²) in [5.74, 6) is -0.0600. The Hall–Kier alpha value is -1.59. The molecule has 1 unspecified atom stereocenters. The molecule has 0 aromatic heterocycles. The predicted octanol–water partition coefficient (Wildman–Crippen LogP) is 1.03. The van der Waals surface area contributed by atoms with Gasteiger partial charge in [-0.2, -0.15) is 0 Å². The highest BCUT2D eigenvalue weighted by Crippen LogP contribution is 2.03. The standard InChI is InChI=1S/C16H23N3O2.ClH/c20-15(19-12-14-7-4-9-17-14)8-10-18-16(21)11-13-5-2-1-3-6-13;/h1-3,5-6,14,17H,4,7-12H2,(H,18,21)(H,19,20);1H. The Bertz CT molecular complexity index is 462. The van der Waals surface area contributed by atoms with Gasteiger partial charge >= 0.3 is 0 Å². The third kappa shape index (κ3) is 6.91. The van der Waals surface area contributed by atoms with E-state index in [0.29, 0.717) is 32.0 Å². The molecule has 1 aromatic rings. The third-order valence-corrected chi connectivity index (χ3v) is 3.59. The van der Waals surface area contributed by atoms with Crippen LogP contribution in [0.2, 0.25) is 0 Å². The van der Waals surface area contributed by atoms with Crippen molar-refractivity contribution >= 4 is 24.2 Å². The maximum atomic E-state index is 11.7. The van der Waals surface area contributed by atoms with E-state index in [4.69, 9.17) is 0 Å². The van der Waals surface area contributed by atoms with Crippen LogP contribution in [0.5, 0.6) is 0 Å². The van der Waals surface area contributed by atoms with Gasteiger partial charge in [0.15, 0.2) is 0 Å². The van der Waals surface area contributed by atoms with Gasteiger partial charge in [-0.3, -0.25) is 9.59 Å². The molecule has 1 aliphatic heterocycles. The topological polar surface area (TPSA) is 70.2 Å². The Morgan fingerprint density at radius 3 is 2.59 bits per heavy atom. The van der Waals surface area contributed by atoms with Gasteiger partial charge < -0.3 is 16.0 Å². The Labute approximate surface area is 137 Å². The molecule has 0 bridgehead atoms. The quantitative estimate of drug-likeness (QED) is 0.701. The number of hydrogen-bond acceptors (Lipinski definition) is 3. The average Bonchev–Trinajstić information content (AvgIpc) is 2.99. The molecule has 1 aromatic carbocycles. The zero-order valence-corrected chi connectivity index (χ0v) is 13.5. The minimum Gasteiger partial charge on any atom is -0.355 e. The summed E-state index contributed by atoms with van der Waals surface area (Å²) in [4.78, 5) is 23.4. The van der Waals surface area contributed by atoms with Gasteiger partial charge in [0, 0.05) is 25.6 Å². The molecule has 1 aliphatic rings. The second kappa shape index (κ2) is 10.2. The molecule has 0 radical (unpaired) electrons. The van der Waals surface area contributed by atoms with Crippen molar-refractivity contribution in [3.63, 3.8) is 0 Å². The molecule has 1 saturated heterocycles. The minimum atomic E-state index is -0.0496. The molecule has 6 heteroatoms. The summed E-state index contributed by atoms with van der Waals surface area (Å²) in [7, 11) is 0. The molecule has 0 spiro atoms. The van der Waals surface area contributed by atoms with Crippen LogP contribution in [0.4, 0.5) is 0 Å². The van der Waals surface area contributed by atoms with Crippen molar-refractivity contribution < 1.29 is 9.59 Å². The molecule has 1 fully saturated rings. The zero-order valence-electron chi connectivity index (χ0n) is 12.6. The molecule has 0 aliphatic carbocycles. The first-order valence-corrected chi connectivity index (χ1v) is 7.55. The van der Waals surface area contributed by atoms with Crippen molar-refractivity contribution in [2.24, 2.45) is 0 Å². The molecular formula is C16H24ClN3O2. The van der Waals surface area contributed by atoms with Crippen molar-refractivity contribution in [1.29, 1.82) is 0 Å². The van der Waals surface area contributed by atoms with Crippen molar-refractivity contribution in [2.45, 2.75) is 31.7 Å². The fraction of sp³-hybridized carbons (Fsp3) is 0.500. The van der Waals surface area contributed by atoms with E-state index in [0.717, 1.165) is 18.5 Å². The lowest BCUT2D eigenvalue weighted by Crippen LogP contribution is -2.38. The first kappa shape index (κ1) is 18.5. The number of nitrogens with one attached hydrogen (secondary N) is 3. The number of carbonyl (C=O) groups is 2. The van der Waals surface area contributed by atoms with E-state index in [-0.39, 0.29) is 24.2 Å². The summed E-state index contributed by atoms with van der Waals surface area (Å²) in [6.07, 6.45) is 2.98. The van der Waals surface area contributed by atoms with E-state index >= 15 is 0 Å². The summed E-state index contributed by atoms with van der Waals surface area (Å²) >= 11 is 0. The van der Waals surface area contributed by atoms with E-state index in [1.165, 1.54) is 6.42 Å². The Kier molecular flexibility index (Phi) is 8.55. The lowest BCUT2D eigenvalue weighted by Gasteiger charge is -2.11. The molecule has 122 valence electrons. The van der Waals surface area contributed by atoms with Gasteiger partial charge in [0.1, 0.15) is 0 Å². The maximum absolute atomic E-state index is 11.7. The van der Waals surface area contributed by atoms with Crippen LogP contribution in [0.3, 0.4) is 0 Å². The van der Waals surface area contributed by atoms with E-state index in [1.54, 1.807) is 0 Å². The molecule has 2 amide bonds. The fourth-order valence-corrected chi connectivity index (χ4v) is 2.42. The molecule has 3 N–H and O–H groups in total. The number of halogens is 1. The highest BCUT2D eigenvalue weighted by Gasteiger charge is 2.14. The van der Waals surface area contributed by atoms with Gasteiger partial charge in [0.2, 0.25) is 11.8 Å². The van der Waals surface area contributed by atoms with Crippen molar-refractivity contribution in [3.05, 3.63) is 35.9 Å². The SMILES string of the molecule is Cl.O=C(CCNC(=O)Cc1ccccc1)NCC1CCCN1. The molecule has 1 heterocycles. The summed E-state index contributed by atoms with van der Waals surface area (Å²) in [5.41, 5.74) is 0.978. The number of hydrogen-bond donors (Lipinski definition) is 3. The highest BCUT2D eigenvalue weighted by atomic mass is 35.5. The predicted molar refractivity (Wildman–Crippen MR) is 89.1 cm³/mol. The second-order valence-corrected chi connectivity index (χ2v) is 5.36. The van der Waals surface area contributed by atoms with Gasteiger partial charge in [-0.05, 0) is 24.9 Å². The van der Waals surface area contributed by atoms with E-state index in [2.05, 4.69) is 16.0 Å². The molecule has 22 heavy (non-hydrogen) atoms. The molecule has 2 rings (SSSR count). The van der Waals surface area contributed by atoms with Crippen LogP contribution < -0.4 is 16.0 Å². The fourth-order valence-electron chi connectivity index (χ4n) is 2.42. The molecule has 1 atom stereocenters. The van der Waals surface area contributed by atoms with Crippen LogP contribution in [0.1, 0.15) is 24.8 Å². The molecule has 0 saturated carbocycles. The number of carbonyl (C=O) groups excluding carboxylic acids is 2. The monoisotopic (exact) mass is 325 g/mol. The van der Waals surface area contributed by atoms with Crippen molar-refractivity contribution in [3.8, 4) is 0 Å². The summed E-state index contributed by atoms with van der Waals surface area (Å²) in [6, 6.07) is 9.98. The lowest BCUT2D eigenvalue weighted by atomic mass is 10.1. The van der Waals surface area contributed by atoms with Crippen LogP contribution in [0, 0.1) is 0 Å². The Morgan fingerprint density at radius 2 is 1.91 bits per heavy atom. The van der Waals surface area contributed by atoms with Gasteiger partial charge in [-0.1, -0.05) is 30.3 Å². The smallest absolute Gasteiger partial charge is 0.224 e. The first-order chi connectivity index (χ1) is 10.2. The highest BCUT2D eigenvalue weighted by molar-refractivity contribution is 5.85. The normalized spacial score (nSPS) is 16.6. The first-order valence-electron chi connectivity index (χ1n) is 7.55. The van der Waals surface area contributed by atoms with Crippen molar-refractivity contribution in [2.75, 3.05) is 19.6 Å². The third-order valence-electron chi connectivity index (χ3n) is 3.59. The summed E-state index contributed by atoms with van der Waals surface area (Å²) in [5, 5.41) is 9.00. The molecular weight excluding hydrogens is 302 g/mol. The van der Waals surface area contributed by atoms with Crippen LogP contribution in [0.25, 0.3) is 0 Å².